The molecule has 110 valence electrons. The third-order valence-corrected chi connectivity index (χ3v) is 2.89. The van der Waals surface area contributed by atoms with Gasteiger partial charge < -0.3 is 20.8 Å². The minimum Gasteiger partial charge on any atom is -0.480 e. The van der Waals surface area contributed by atoms with Crippen LogP contribution in [0.15, 0.2) is 16.6 Å². The third kappa shape index (κ3) is 4.42. The van der Waals surface area contributed by atoms with E-state index in [-0.39, 0.29) is 16.6 Å². The Morgan fingerprint density at radius 2 is 1.95 bits per heavy atom. The summed E-state index contributed by atoms with van der Waals surface area (Å²) in [6, 6.07) is -0.719. The van der Waals surface area contributed by atoms with Crippen LogP contribution < -0.4 is 10.6 Å². The highest BCUT2D eigenvalue weighted by atomic mass is 79.9. The molecule has 6 nitrogen and oxygen atoms in total. The summed E-state index contributed by atoms with van der Waals surface area (Å²) in [5.41, 5.74) is -0.316. The number of carboxylic acids is 1. The number of aliphatic hydroxyl groups excluding tert-OH is 1. The molecule has 0 bridgehead atoms. The van der Waals surface area contributed by atoms with Crippen LogP contribution in [-0.4, -0.2) is 34.9 Å². The van der Waals surface area contributed by atoms with Crippen LogP contribution in [-0.2, 0) is 4.79 Å². The van der Waals surface area contributed by atoms with Crippen molar-refractivity contribution in [2.45, 2.75) is 12.5 Å². The van der Waals surface area contributed by atoms with E-state index in [9.17, 15) is 18.4 Å². The molecule has 20 heavy (non-hydrogen) atoms. The van der Waals surface area contributed by atoms with Gasteiger partial charge in [-0.3, -0.25) is 0 Å². The summed E-state index contributed by atoms with van der Waals surface area (Å²) in [6.07, 6.45) is -0.196. The Morgan fingerprint density at radius 1 is 1.30 bits per heavy atom. The first kappa shape index (κ1) is 16.3. The number of rotatable bonds is 5. The van der Waals surface area contributed by atoms with Crippen molar-refractivity contribution in [3.8, 4) is 0 Å². The first-order valence-electron chi connectivity index (χ1n) is 5.41. The van der Waals surface area contributed by atoms with Crippen molar-refractivity contribution in [2.75, 3.05) is 11.9 Å². The van der Waals surface area contributed by atoms with Gasteiger partial charge in [-0.25, -0.2) is 18.4 Å². The summed E-state index contributed by atoms with van der Waals surface area (Å²) in [6.45, 7) is -0.437. The minimum absolute atomic E-state index is 0.0562. The Morgan fingerprint density at radius 3 is 2.50 bits per heavy atom. The number of urea groups is 1. The molecule has 1 aromatic rings. The molecule has 0 aliphatic rings. The zero-order valence-corrected chi connectivity index (χ0v) is 11.6. The number of carbonyl (C=O) groups excluding carboxylic acids is 1. The number of halogens is 3. The highest BCUT2D eigenvalue weighted by Crippen LogP contribution is 2.23. The van der Waals surface area contributed by atoms with Crippen molar-refractivity contribution < 1.29 is 28.6 Å². The van der Waals surface area contributed by atoms with Crippen molar-refractivity contribution in [3.05, 3.63) is 28.2 Å². The van der Waals surface area contributed by atoms with Gasteiger partial charge in [0.15, 0.2) is 0 Å². The second kappa shape index (κ2) is 7.15. The van der Waals surface area contributed by atoms with E-state index in [0.29, 0.717) is 6.07 Å². The van der Waals surface area contributed by atoms with Gasteiger partial charge in [-0.2, -0.15) is 0 Å². The lowest BCUT2D eigenvalue weighted by molar-refractivity contribution is -0.139. The molecule has 1 unspecified atom stereocenters. The fraction of sp³-hybridized carbons (Fsp3) is 0.273. The van der Waals surface area contributed by atoms with Crippen LogP contribution in [0.4, 0.5) is 19.3 Å². The zero-order valence-electron chi connectivity index (χ0n) is 9.99. The maximum absolute atomic E-state index is 13.4. The minimum atomic E-state index is -1.34. The molecule has 0 saturated carbocycles. The van der Waals surface area contributed by atoms with Crippen LogP contribution in [0.5, 0.6) is 0 Å². The standard InChI is InChI=1S/C11H11BrF2N2O4/c12-5-3-9(7(14)4-6(5)13)16-11(20)15-8(1-2-17)10(18)19/h3-4,8,17H,1-2H2,(H,18,19)(H2,15,16,20). The molecule has 0 heterocycles. The van der Waals surface area contributed by atoms with Crippen molar-refractivity contribution >= 4 is 33.6 Å². The summed E-state index contributed by atoms with van der Waals surface area (Å²) in [7, 11) is 0. The largest absolute Gasteiger partial charge is 0.480 e. The van der Waals surface area contributed by atoms with Crippen LogP contribution in [0.3, 0.4) is 0 Å². The smallest absolute Gasteiger partial charge is 0.326 e. The lowest BCUT2D eigenvalue weighted by Gasteiger charge is -2.14. The molecule has 2 amide bonds. The highest BCUT2D eigenvalue weighted by Gasteiger charge is 2.20. The molecule has 0 radical (unpaired) electrons. The van der Waals surface area contributed by atoms with Crippen molar-refractivity contribution in [3.63, 3.8) is 0 Å². The second-order valence-electron chi connectivity index (χ2n) is 3.75. The quantitative estimate of drug-likeness (QED) is 0.606. The topological polar surface area (TPSA) is 98.7 Å². The molecule has 0 saturated heterocycles. The van der Waals surface area contributed by atoms with Crippen LogP contribution in [0, 0.1) is 11.6 Å². The number of carbonyl (C=O) groups is 2. The summed E-state index contributed by atoms with van der Waals surface area (Å²) in [5, 5.41) is 21.5. The van der Waals surface area contributed by atoms with E-state index in [1.54, 1.807) is 0 Å². The summed E-state index contributed by atoms with van der Waals surface area (Å²) in [4.78, 5) is 22.3. The predicted octanol–water partition coefficient (Wildman–Crippen LogP) is 1.68. The fourth-order valence-corrected chi connectivity index (χ4v) is 1.66. The van der Waals surface area contributed by atoms with E-state index in [1.807, 2.05) is 5.32 Å². The molecule has 0 aliphatic heterocycles. The van der Waals surface area contributed by atoms with E-state index < -0.39 is 36.3 Å². The molecule has 9 heteroatoms. The van der Waals surface area contributed by atoms with Gasteiger partial charge in [0, 0.05) is 19.1 Å². The number of hydrogen-bond donors (Lipinski definition) is 4. The Kier molecular flexibility index (Phi) is 5.83. The van der Waals surface area contributed by atoms with Gasteiger partial charge in [0.1, 0.15) is 17.7 Å². The van der Waals surface area contributed by atoms with Gasteiger partial charge >= 0.3 is 12.0 Å². The summed E-state index contributed by atoms with van der Waals surface area (Å²) in [5.74, 6) is -3.18. The predicted molar refractivity (Wildman–Crippen MR) is 69.3 cm³/mol. The van der Waals surface area contributed by atoms with Gasteiger partial charge in [0.25, 0.3) is 0 Å². The Hall–Kier alpha value is -1.74. The van der Waals surface area contributed by atoms with Gasteiger partial charge in [0.05, 0.1) is 10.2 Å². The maximum Gasteiger partial charge on any atom is 0.326 e. The average Bonchev–Trinajstić information content (AvgIpc) is 2.35. The van der Waals surface area contributed by atoms with Crippen molar-refractivity contribution in [1.29, 1.82) is 0 Å². The first-order chi connectivity index (χ1) is 9.35. The monoisotopic (exact) mass is 352 g/mol. The Labute approximate surface area is 120 Å². The number of benzene rings is 1. The van der Waals surface area contributed by atoms with E-state index in [1.165, 1.54) is 0 Å². The summed E-state index contributed by atoms with van der Waals surface area (Å²) >= 11 is 2.83. The van der Waals surface area contributed by atoms with Crippen molar-refractivity contribution in [1.82, 2.24) is 5.32 Å². The van der Waals surface area contributed by atoms with Gasteiger partial charge in [0.2, 0.25) is 0 Å². The van der Waals surface area contributed by atoms with Gasteiger partial charge in [-0.1, -0.05) is 0 Å². The molecular formula is C11H11BrF2N2O4. The third-order valence-electron chi connectivity index (χ3n) is 2.28. The van der Waals surface area contributed by atoms with Crippen LogP contribution in [0.2, 0.25) is 0 Å². The Bertz CT molecular complexity index is 527. The van der Waals surface area contributed by atoms with E-state index >= 15 is 0 Å². The van der Waals surface area contributed by atoms with Gasteiger partial charge in [-0.15, -0.1) is 0 Å². The molecule has 0 aliphatic carbocycles. The molecular weight excluding hydrogens is 342 g/mol. The van der Waals surface area contributed by atoms with E-state index in [2.05, 4.69) is 21.2 Å². The van der Waals surface area contributed by atoms with Gasteiger partial charge in [-0.05, 0) is 22.0 Å². The molecule has 1 aromatic carbocycles. The van der Waals surface area contributed by atoms with Crippen LogP contribution in [0.1, 0.15) is 6.42 Å². The molecule has 1 rings (SSSR count). The number of aliphatic carboxylic acids is 1. The number of carboxylic acid groups (broad SMARTS) is 1. The molecule has 1 atom stereocenters. The number of aliphatic hydroxyl groups is 1. The highest BCUT2D eigenvalue weighted by molar-refractivity contribution is 9.10. The second-order valence-corrected chi connectivity index (χ2v) is 4.60. The number of nitrogens with one attached hydrogen (secondary N) is 2. The molecule has 0 spiro atoms. The zero-order chi connectivity index (χ0) is 15.3. The average molecular weight is 353 g/mol. The normalized spacial score (nSPS) is 11.8. The van der Waals surface area contributed by atoms with Crippen molar-refractivity contribution in [2.24, 2.45) is 0 Å². The summed E-state index contributed by atoms with van der Waals surface area (Å²) < 4.78 is 26.3. The lowest BCUT2D eigenvalue weighted by Crippen LogP contribution is -2.43. The van der Waals surface area contributed by atoms with Crippen LogP contribution >= 0.6 is 15.9 Å². The molecule has 0 aromatic heterocycles. The lowest BCUT2D eigenvalue weighted by atomic mass is 10.2. The first-order valence-corrected chi connectivity index (χ1v) is 6.20. The van der Waals surface area contributed by atoms with E-state index in [4.69, 9.17) is 10.2 Å². The van der Waals surface area contributed by atoms with Crippen LogP contribution in [0.25, 0.3) is 0 Å². The fourth-order valence-electron chi connectivity index (χ4n) is 1.32. The SMILES string of the molecule is O=C(Nc1cc(Br)c(F)cc1F)NC(CCO)C(=O)O. The number of anilines is 1. The molecule has 0 fully saturated rings. The van der Waals surface area contributed by atoms with E-state index in [0.717, 1.165) is 6.07 Å². The number of hydrogen-bond acceptors (Lipinski definition) is 3. The Balaban J connectivity index is 2.75. The maximum atomic E-state index is 13.4. The number of amides is 2. The molecule has 4 N–H and O–H groups in total.